The van der Waals surface area contributed by atoms with Crippen molar-refractivity contribution in [2.75, 3.05) is 43.8 Å². The lowest BCUT2D eigenvalue weighted by molar-refractivity contribution is -0.117. The van der Waals surface area contributed by atoms with Gasteiger partial charge in [0.2, 0.25) is 5.91 Å². The van der Waals surface area contributed by atoms with Gasteiger partial charge in [0.15, 0.2) is 0 Å². The van der Waals surface area contributed by atoms with E-state index < -0.39 is 0 Å². The average Bonchev–Trinajstić information content (AvgIpc) is 2.89. The van der Waals surface area contributed by atoms with Crippen molar-refractivity contribution in [3.8, 4) is 0 Å². The predicted octanol–water partition coefficient (Wildman–Crippen LogP) is 3.95. The number of hydrogen-bond donors (Lipinski definition) is 1. The number of carbonyl (C=O) groups excluding carboxylic acids is 1. The maximum absolute atomic E-state index is 12.3. The van der Waals surface area contributed by atoms with Crippen molar-refractivity contribution in [3.05, 3.63) is 60.2 Å². The maximum Gasteiger partial charge on any atom is 0.238 e. The van der Waals surface area contributed by atoms with Gasteiger partial charge in [0, 0.05) is 30.2 Å². The van der Waals surface area contributed by atoms with Gasteiger partial charge in [0.25, 0.3) is 0 Å². The average molecular weight is 384 g/mol. The zero-order valence-electron chi connectivity index (χ0n) is 16.1. The SMILES string of the molecule is CCSc1ccc(CN2CCCN(CC(=O)Nc3ccccc3)CC2)cc1. The Morgan fingerprint density at radius 1 is 0.963 bits per heavy atom. The summed E-state index contributed by atoms with van der Waals surface area (Å²) >= 11 is 1.88. The number of rotatable bonds is 7. The Balaban J connectivity index is 1.45. The van der Waals surface area contributed by atoms with Gasteiger partial charge in [0.05, 0.1) is 6.54 Å². The smallest absolute Gasteiger partial charge is 0.238 e. The van der Waals surface area contributed by atoms with Crippen LogP contribution in [-0.4, -0.2) is 54.2 Å². The van der Waals surface area contributed by atoms with E-state index in [4.69, 9.17) is 0 Å². The Hall–Kier alpha value is -1.82. The molecule has 4 nitrogen and oxygen atoms in total. The van der Waals surface area contributed by atoms with Gasteiger partial charge in [-0.05, 0) is 55.1 Å². The van der Waals surface area contributed by atoms with Gasteiger partial charge in [0.1, 0.15) is 0 Å². The zero-order valence-corrected chi connectivity index (χ0v) is 16.9. The Morgan fingerprint density at radius 3 is 2.41 bits per heavy atom. The summed E-state index contributed by atoms with van der Waals surface area (Å²) in [6.07, 6.45) is 1.10. The van der Waals surface area contributed by atoms with Crippen molar-refractivity contribution in [2.45, 2.75) is 24.8 Å². The zero-order chi connectivity index (χ0) is 18.9. The van der Waals surface area contributed by atoms with Crippen molar-refractivity contribution in [1.82, 2.24) is 9.80 Å². The molecule has 144 valence electrons. The Morgan fingerprint density at radius 2 is 1.67 bits per heavy atom. The van der Waals surface area contributed by atoms with Crippen molar-refractivity contribution in [1.29, 1.82) is 0 Å². The first kappa shape index (κ1) is 19.9. The number of thioether (sulfide) groups is 1. The minimum atomic E-state index is 0.0682. The Labute approximate surface area is 166 Å². The number of benzene rings is 2. The molecular weight excluding hydrogens is 354 g/mol. The highest BCUT2D eigenvalue weighted by Crippen LogP contribution is 2.19. The molecule has 0 aromatic heterocycles. The molecule has 5 heteroatoms. The van der Waals surface area contributed by atoms with E-state index in [0.717, 1.165) is 50.6 Å². The second-order valence-electron chi connectivity index (χ2n) is 6.90. The number of amides is 1. The molecule has 2 aromatic carbocycles. The third-order valence-electron chi connectivity index (χ3n) is 4.75. The molecule has 3 rings (SSSR count). The summed E-state index contributed by atoms with van der Waals surface area (Å²) in [5, 5.41) is 2.98. The van der Waals surface area contributed by atoms with Crippen LogP contribution in [0, 0.1) is 0 Å². The van der Waals surface area contributed by atoms with E-state index in [-0.39, 0.29) is 5.91 Å². The fourth-order valence-corrected chi connectivity index (χ4v) is 4.04. The van der Waals surface area contributed by atoms with Gasteiger partial charge in [-0.2, -0.15) is 0 Å². The molecule has 1 fully saturated rings. The van der Waals surface area contributed by atoms with Crippen LogP contribution in [-0.2, 0) is 11.3 Å². The Bertz CT molecular complexity index is 705. The van der Waals surface area contributed by atoms with Crippen LogP contribution >= 0.6 is 11.8 Å². The fraction of sp³-hybridized carbons (Fsp3) is 0.409. The summed E-state index contributed by atoms with van der Waals surface area (Å²) in [4.78, 5) is 18.4. The van der Waals surface area contributed by atoms with Crippen LogP contribution in [0.1, 0.15) is 18.9 Å². The van der Waals surface area contributed by atoms with Gasteiger partial charge in [-0.1, -0.05) is 37.3 Å². The molecule has 1 N–H and O–H groups in total. The van der Waals surface area contributed by atoms with Crippen molar-refractivity contribution in [2.24, 2.45) is 0 Å². The highest BCUT2D eigenvalue weighted by atomic mass is 32.2. The molecule has 0 saturated carbocycles. The summed E-state index contributed by atoms with van der Waals surface area (Å²) in [5.41, 5.74) is 2.23. The van der Waals surface area contributed by atoms with E-state index in [1.54, 1.807) is 0 Å². The van der Waals surface area contributed by atoms with Crippen LogP contribution in [0.3, 0.4) is 0 Å². The highest BCUT2D eigenvalue weighted by Gasteiger charge is 2.17. The number of hydrogen-bond acceptors (Lipinski definition) is 4. The fourth-order valence-electron chi connectivity index (χ4n) is 3.38. The lowest BCUT2D eigenvalue weighted by atomic mass is 10.2. The highest BCUT2D eigenvalue weighted by molar-refractivity contribution is 7.99. The first-order valence-corrected chi connectivity index (χ1v) is 10.7. The molecule has 2 aromatic rings. The molecule has 0 spiro atoms. The molecule has 1 heterocycles. The second-order valence-corrected chi connectivity index (χ2v) is 8.23. The second kappa shape index (κ2) is 10.5. The number of carbonyl (C=O) groups is 1. The van der Waals surface area contributed by atoms with E-state index >= 15 is 0 Å². The minimum absolute atomic E-state index is 0.0682. The van der Waals surface area contributed by atoms with Gasteiger partial charge in [-0.25, -0.2) is 0 Å². The normalized spacial score (nSPS) is 16.0. The standard InChI is InChI=1S/C22H29N3OS/c1-2-27-21-11-9-19(10-12-21)17-24-13-6-14-25(16-15-24)18-22(26)23-20-7-4-3-5-8-20/h3-5,7-12H,2,6,13-18H2,1H3,(H,23,26). The van der Waals surface area contributed by atoms with Gasteiger partial charge in [-0.3, -0.25) is 14.6 Å². The summed E-state index contributed by atoms with van der Waals surface area (Å²) in [6.45, 7) is 7.64. The van der Waals surface area contributed by atoms with E-state index in [2.05, 4.69) is 46.3 Å². The molecule has 1 saturated heterocycles. The summed E-state index contributed by atoms with van der Waals surface area (Å²) in [5.74, 6) is 1.18. The summed E-state index contributed by atoms with van der Waals surface area (Å²) < 4.78 is 0. The summed E-state index contributed by atoms with van der Waals surface area (Å²) in [6, 6.07) is 18.6. The first-order chi connectivity index (χ1) is 13.2. The monoisotopic (exact) mass is 383 g/mol. The molecule has 0 bridgehead atoms. The van der Waals surface area contributed by atoms with Gasteiger partial charge >= 0.3 is 0 Å². The quantitative estimate of drug-likeness (QED) is 0.735. The molecule has 1 amide bonds. The maximum atomic E-state index is 12.3. The Kier molecular flexibility index (Phi) is 7.75. The molecule has 1 aliphatic rings. The van der Waals surface area contributed by atoms with Gasteiger partial charge < -0.3 is 5.32 Å². The lowest BCUT2D eigenvalue weighted by Gasteiger charge is -2.21. The topological polar surface area (TPSA) is 35.6 Å². The molecule has 27 heavy (non-hydrogen) atoms. The molecule has 0 atom stereocenters. The van der Waals surface area contributed by atoms with Gasteiger partial charge in [-0.15, -0.1) is 11.8 Å². The van der Waals surface area contributed by atoms with E-state index in [1.165, 1.54) is 10.5 Å². The van der Waals surface area contributed by atoms with Crippen LogP contribution in [0.5, 0.6) is 0 Å². The third-order valence-corrected chi connectivity index (χ3v) is 5.64. The third kappa shape index (κ3) is 6.69. The molecule has 0 aliphatic carbocycles. The molecule has 0 radical (unpaired) electrons. The van der Waals surface area contributed by atoms with Crippen LogP contribution in [0.4, 0.5) is 5.69 Å². The number of anilines is 1. The molecule has 1 aliphatic heterocycles. The number of nitrogens with zero attached hydrogens (tertiary/aromatic N) is 2. The van der Waals surface area contributed by atoms with Crippen molar-refractivity contribution >= 4 is 23.4 Å². The van der Waals surface area contributed by atoms with Crippen molar-refractivity contribution in [3.63, 3.8) is 0 Å². The van der Waals surface area contributed by atoms with Crippen LogP contribution in [0.15, 0.2) is 59.5 Å². The van der Waals surface area contributed by atoms with Crippen LogP contribution < -0.4 is 5.32 Å². The van der Waals surface area contributed by atoms with E-state index in [0.29, 0.717) is 6.54 Å². The molecule has 0 unspecified atom stereocenters. The first-order valence-electron chi connectivity index (χ1n) is 9.74. The predicted molar refractivity (Wildman–Crippen MR) is 114 cm³/mol. The van der Waals surface area contributed by atoms with Crippen LogP contribution in [0.2, 0.25) is 0 Å². The molecular formula is C22H29N3OS. The number of nitrogens with one attached hydrogen (secondary N) is 1. The van der Waals surface area contributed by atoms with Crippen LogP contribution in [0.25, 0.3) is 0 Å². The lowest BCUT2D eigenvalue weighted by Crippen LogP contribution is -2.36. The summed E-state index contributed by atoms with van der Waals surface area (Å²) in [7, 11) is 0. The van der Waals surface area contributed by atoms with E-state index in [9.17, 15) is 4.79 Å². The van der Waals surface area contributed by atoms with E-state index in [1.807, 2.05) is 42.1 Å². The van der Waals surface area contributed by atoms with Crippen molar-refractivity contribution < 1.29 is 4.79 Å². The largest absolute Gasteiger partial charge is 0.325 e. The minimum Gasteiger partial charge on any atom is -0.325 e. The number of para-hydroxylation sites is 1.